The molecule has 0 unspecified atom stereocenters. The third-order valence-corrected chi connectivity index (χ3v) is 1.36. The summed E-state index contributed by atoms with van der Waals surface area (Å²) in [7, 11) is 0. The van der Waals surface area contributed by atoms with Crippen LogP contribution in [0.3, 0.4) is 0 Å². The van der Waals surface area contributed by atoms with Gasteiger partial charge in [0.05, 0.1) is 0 Å². The number of carbonyl (C=O) groups is 2. The average Bonchev–Trinajstić information content (AvgIpc) is 2.03. The van der Waals surface area contributed by atoms with Crippen LogP contribution >= 0.6 is 0 Å². The number of rotatable bonds is 5. The predicted molar refractivity (Wildman–Crippen MR) is 39.8 cm³/mol. The van der Waals surface area contributed by atoms with Gasteiger partial charge in [-0.1, -0.05) is 19.8 Å². The van der Waals surface area contributed by atoms with Crippen LogP contribution < -0.4 is 0 Å². The zero-order valence-electron chi connectivity index (χ0n) is 6.59. The smallest absolute Gasteiger partial charge is 0.290 e. The van der Waals surface area contributed by atoms with Crippen molar-refractivity contribution in [3.8, 4) is 6.07 Å². The number of nitrogens with zero attached hydrogens (tertiary/aromatic N) is 1. The summed E-state index contributed by atoms with van der Waals surface area (Å²) >= 11 is 0. The van der Waals surface area contributed by atoms with Crippen LogP contribution in [-0.2, 0) is 9.59 Å². The lowest BCUT2D eigenvalue weighted by Crippen LogP contribution is -2.10. The molecule has 60 valence electrons. The number of Topliss-reactive ketones (excluding diaryl/α,β-unsaturated/α-hetero) is 2. The van der Waals surface area contributed by atoms with Gasteiger partial charge in [0.2, 0.25) is 5.78 Å². The summed E-state index contributed by atoms with van der Waals surface area (Å²) in [6, 6.07) is 1.30. The van der Waals surface area contributed by atoms with Gasteiger partial charge in [0.1, 0.15) is 6.07 Å². The minimum absolute atomic E-state index is 0.222. The molecule has 0 aliphatic carbocycles. The van der Waals surface area contributed by atoms with E-state index in [1.54, 1.807) is 0 Å². The monoisotopic (exact) mass is 153 g/mol. The van der Waals surface area contributed by atoms with E-state index >= 15 is 0 Å². The van der Waals surface area contributed by atoms with Gasteiger partial charge < -0.3 is 0 Å². The molecule has 0 fully saturated rings. The van der Waals surface area contributed by atoms with Crippen molar-refractivity contribution in [1.29, 1.82) is 5.26 Å². The summed E-state index contributed by atoms with van der Waals surface area (Å²) in [4.78, 5) is 21.1. The van der Waals surface area contributed by atoms with E-state index in [4.69, 9.17) is 5.26 Å². The van der Waals surface area contributed by atoms with Crippen LogP contribution in [-0.4, -0.2) is 11.6 Å². The van der Waals surface area contributed by atoms with Crippen LogP contribution in [0, 0.1) is 11.3 Å². The zero-order valence-corrected chi connectivity index (χ0v) is 6.59. The van der Waals surface area contributed by atoms with Gasteiger partial charge in [0.25, 0.3) is 5.78 Å². The van der Waals surface area contributed by atoms with Crippen molar-refractivity contribution in [2.24, 2.45) is 0 Å². The molecular formula is C8H11NO2. The fourth-order valence-corrected chi connectivity index (χ4v) is 0.711. The van der Waals surface area contributed by atoms with Crippen molar-refractivity contribution < 1.29 is 9.59 Å². The van der Waals surface area contributed by atoms with E-state index in [-0.39, 0.29) is 6.42 Å². The molecule has 11 heavy (non-hydrogen) atoms. The van der Waals surface area contributed by atoms with E-state index in [0.29, 0.717) is 6.42 Å². The van der Waals surface area contributed by atoms with E-state index in [9.17, 15) is 9.59 Å². The first kappa shape index (κ1) is 9.83. The zero-order chi connectivity index (χ0) is 8.69. The van der Waals surface area contributed by atoms with Crippen LogP contribution in [0.25, 0.3) is 0 Å². The highest BCUT2D eigenvalue weighted by Crippen LogP contribution is 1.99. The second kappa shape index (κ2) is 5.60. The number of ketones is 2. The maximum Gasteiger partial charge on any atom is 0.297 e. The molecule has 0 aromatic heterocycles. The Morgan fingerprint density at radius 2 is 2.00 bits per heavy atom. The van der Waals surface area contributed by atoms with Crippen LogP contribution in [0.1, 0.15) is 32.6 Å². The summed E-state index contributed by atoms with van der Waals surface area (Å²) < 4.78 is 0. The van der Waals surface area contributed by atoms with E-state index in [2.05, 4.69) is 0 Å². The van der Waals surface area contributed by atoms with E-state index in [1.165, 1.54) is 6.07 Å². The summed E-state index contributed by atoms with van der Waals surface area (Å²) in [5.74, 6) is -1.47. The van der Waals surface area contributed by atoms with Crippen LogP contribution in [0.4, 0.5) is 0 Å². The molecule has 0 aliphatic rings. The van der Waals surface area contributed by atoms with Gasteiger partial charge in [-0.2, -0.15) is 5.26 Å². The van der Waals surface area contributed by atoms with Gasteiger partial charge in [-0.3, -0.25) is 9.59 Å². The van der Waals surface area contributed by atoms with Crippen molar-refractivity contribution in [3.05, 3.63) is 0 Å². The lowest BCUT2D eigenvalue weighted by atomic mass is 10.1. The van der Waals surface area contributed by atoms with E-state index in [0.717, 1.165) is 12.8 Å². The number of hydrogen-bond donors (Lipinski definition) is 0. The Kier molecular flexibility index (Phi) is 5.01. The molecule has 0 N–H and O–H groups in total. The third-order valence-electron chi connectivity index (χ3n) is 1.36. The molecule has 0 bridgehead atoms. The molecule has 0 saturated carbocycles. The maximum atomic E-state index is 10.7. The first-order valence-electron chi connectivity index (χ1n) is 3.69. The van der Waals surface area contributed by atoms with Crippen LogP contribution in [0.2, 0.25) is 0 Å². The molecule has 3 heteroatoms. The maximum absolute atomic E-state index is 10.7. The SMILES string of the molecule is CCCCCC(=O)C(=O)C#N. The summed E-state index contributed by atoms with van der Waals surface area (Å²) in [5.41, 5.74) is 0. The standard InChI is InChI=1S/C8H11NO2/c1-2-3-4-5-7(10)8(11)6-9/h2-5H2,1H3. The first-order chi connectivity index (χ1) is 5.22. The first-order valence-corrected chi connectivity index (χ1v) is 3.69. The Morgan fingerprint density at radius 3 is 2.45 bits per heavy atom. The number of hydrogen-bond acceptors (Lipinski definition) is 3. The molecule has 0 radical (unpaired) electrons. The number of unbranched alkanes of at least 4 members (excludes halogenated alkanes) is 2. The Balaban J connectivity index is 3.55. The quantitative estimate of drug-likeness (QED) is 0.339. The summed E-state index contributed by atoms with van der Waals surface area (Å²) in [5, 5.41) is 8.04. The minimum Gasteiger partial charge on any atom is -0.290 e. The average molecular weight is 153 g/mol. The highest BCUT2D eigenvalue weighted by molar-refractivity contribution is 6.43. The van der Waals surface area contributed by atoms with E-state index < -0.39 is 11.6 Å². The normalized spacial score (nSPS) is 8.73. The Labute approximate surface area is 66.0 Å². The van der Waals surface area contributed by atoms with Crippen LogP contribution in [0.15, 0.2) is 0 Å². The molecule has 0 amide bonds. The summed E-state index contributed by atoms with van der Waals surface area (Å²) in [6.45, 7) is 2.01. The second-order valence-electron chi connectivity index (χ2n) is 2.32. The topological polar surface area (TPSA) is 57.9 Å². The van der Waals surface area contributed by atoms with Gasteiger partial charge in [-0.25, -0.2) is 0 Å². The Bertz CT molecular complexity index is 191. The van der Waals surface area contributed by atoms with Gasteiger partial charge in [0.15, 0.2) is 0 Å². The van der Waals surface area contributed by atoms with Crippen molar-refractivity contribution in [2.45, 2.75) is 32.6 Å². The van der Waals surface area contributed by atoms with Crippen molar-refractivity contribution in [3.63, 3.8) is 0 Å². The lowest BCUT2D eigenvalue weighted by molar-refractivity contribution is -0.133. The molecule has 0 aliphatic heterocycles. The van der Waals surface area contributed by atoms with Crippen molar-refractivity contribution in [2.75, 3.05) is 0 Å². The summed E-state index contributed by atoms with van der Waals surface area (Å²) in [6.07, 6.45) is 2.88. The van der Waals surface area contributed by atoms with Gasteiger partial charge in [0, 0.05) is 6.42 Å². The molecule has 0 rings (SSSR count). The molecule has 0 aromatic carbocycles. The Morgan fingerprint density at radius 1 is 1.36 bits per heavy atom. The van der Waals surface area contributed by atoms with Crippen molar-refractivity contribution >= 4 is 11.6 Å². The van der Waals surface area contributed by atoms with Crippen LogP contribution in [0.5, 0.6) is 0 Å². The molecular weight excluding hydrogens is 142 g/mol. The molecule has 0 spiro atoms. The fraction of sp³-hybridized carbons (Fsp3) is 0.625. The molecule has 3 nitrogen and oxygen atoms in total. The fourth-order valence-electron chi connectivity index (χ4n) is 0.711. The van der Waals surface area contributed by atoms with Gasteiger partial charge >= 0.3 is 0 Å². The molecule has 0 aromatic rings. The van der Waals surface area contributed by atoms with Gasteiger partial charge in [-0.15, -0.1) is 0 Å². The highest BCUT2D eigenvalue weighted by atomic mass is 16.2. The number of carbonyl (C=O) groups excluding carboxylic acids is 2. The Hall–Kier alpha value is -1.17. The highest BCUT2D eigenvalue weighted by Gasteiger charge is 2.10. The third kappa shape index (κ3) is 4.26. The van der Waals surface area contributed by atoms with E-state index in [1.807, 2.05) is 6.92 Å². The number of nitriles is 1. The molecule has 0 heterocycles. The lowest BCUT2D eigenvalue weighted by Gasteiger charge is -1.92. The van der Waals surface area contributed by atoms with Gasteiger partial charge in [-0.05, 0) is 6.42 Å². The molecule has 0 atom stereocenters. The van der Waals surface area contributed by atoms with Crippen molar-refractivity contribution in [1.82, 2.24) is 0 Å². The molecule has 0 saturated heterocycles. The largest absolute Gasteiger partial charge is 0.297 e. The predicted octanol–water partition coefficient (Wildman–Crippen LogP) is 1.23. The second-order valence-corrected chi connectivity index (χ2v) is 2.32. The minimum atomic E-state index is -0.916.